The number of ketones is 2. The van der Waals surface area contributed by atoms with Crippen LogP contribution in [0.2, 0.25) is 0 Å². The molecule has 0 saturated heterocycles. The summed E-state index contributed by atoms with van der Waals surface area (Å²) in [5.41, 5.74) is 6.49. The molecule has 0 aromatic heterocycles. The maximum absolute atomic E-state index is 13.0. The highest BCUT2D eigenvalue weighted by Gasteiger charge is 2.26. The first kappa shape index (κ1) is 19.8. The zero-order chi connectivity index (χ0) is 22.2. The van der Waals surface area contributed by atoms with E-state index in [1.165, 1.54) is 0 Å². The van der Waals surface area contributed by atoms with Gasteiger partial charge in [0.15, 0.2) is 11.6 Å². The Kier molecular flexibility index (Phi) is 4.83. The zero-order valence-corrected chi connectivity index (χ0v) is 17.9. The van der Waals surface area contributed by atoms with E-state index in [0.717, 1.165) is 22.7 Å². The average Bonchev–Trinajstić information content (AvgIpc) is 2.86. The van der Waals surface area contributed by atoms with Crippen LogP contribution in [0.15, 0.2) is 97.1 Å². The molecule has 4 aromatic rings. The molecule has 0 unspecified atom stereocenters. The van der Waals surface area contributed by atoms with Gasteiger partial charge in [0, 0.05) is 36.3 Å². The molecular weight excluding hydrogens is 396 g/mol. The summed E-state index contributed by atoms with van der Waals surface area (Å²) in [6, 6.07) is 30.2. The van der Waals surface area contributed by atoms with Gasteiger partial charge in [-0.3, -0.25) is 9.59 Å². The van der Waals surface area contributed by atoms with Crippen molar-refractivity contribution >= 4 is 34.3 Å². The van der Waals surface area contributed by atoms with Crippen molar-refractivity contribution in [2.75, 3.05) is 23.9 Å². The van der Waals surface area contributed by atoms with E-state index >= 15 is 0 Å². The summed E-state index contributed by atoms with van der Waals surface area (Å²) in [5, 5.41) is 0. The molecule has 0 bridgehead atoms. The molecule has 0 spiro atoms. The Bertz CT molecular complexity index is 1230. The van der Waals surface area contributed by atoms with Crippen molar-refractivity contribution in [3.63, 3.8) is 0 Å². The van der Waals surface area contributed by atoms with E-state index in [1.54, 1.807) is 0 Å². The lowest BCUT2D eigenvalue weighted by atomic mass is 9.98. The van der Waals surface area contributed by atoms with Gasteiger partial charge in [-0.1, -0.05) is 60.7 Å². The first-order valence-corrected chi connectivity index (χ1v) is 10.5. The normalized spacial score (nSPS) is 12.2. The monoisotopic (exact) mass is 418 g/mol. The topological polar surface area (TPSA) is 40.6 Å². The number of fused-ring (bicyclic) bond motifs is 2. The summed E-state index contributed by atoms with van der Waals surface area (Å²) in [5.74, 6) is -0.00175. The maximum Gasteiger partial charge on any atom is 0.193 e. The largest absolute Gasteiger partial charge is 0.341 e. The number of nitrogens with zero attached hydrogens (tertiary/aromatic N) is 2. The standard InChI is InChI=1S/C28H22N2O2/c1-29-23-15-13-22(28(32)20-11-7-4-8-12-20)18-26(23)30(2)24-16-14-21(17-25(24)29)27(31)19-9-5-3-6-10-19/h3-18H,1-2H3. The predicted molar refractivity (Wildman–Crippen MR) is 129 cm³/mol. The summed E-state index contributed by atoms with van der Waals surface area (Å²) in [6.07, 6.45) is 0. The second-order valence-corrected chi connectivity index (χ2v) is 7.92. The third-order valence-electron chi connectivity index (χ3n) is 5.99. The molecule has 0 fully saturated rings. The summed E-state index contributed by atoms with van der Waals surface area (Å²) < 4.78 is 0. The highest BCUT2D eigenvalue weighted by molar-refractivity contribution is 6.12. The first-order valence-electron chi connectivity index (χ1n) is 10.5. The Morgan fingerprint density at radius 3 is 1.22 bits per heavy atom. The summed E-state index contributed by atoms with van der Waals surface area (Å²) in [4.78, 5) is 30.0. The second-order valence-electron chi connectivity index (χ2n) is 7.92. The SMILES string of the molecule is CN1c2ccc(C(=O)c3ccccc3)cc2N(C)c2ccc(C(=O)c3ccccc3)cc21. The molecule has 1 aliphatic rings. The molecule has 0 N–H and O–H groups in total. The van der Waals surface area contributed by atoms with Crippen molar-refractivity contribution in [3.05, 3.63) is 119 Å². The fraction of sp³-hybridized carbons (Fsp3) is 0.0714. The van der Waals surface area contributed by atoms with Gasteiger partial charge in [-0.05, 0) is 36.4 Å². The molecule has 5 rings (SSSR count). The Morgan fingerprint density at radius 1 is 0.469 bits per heavy atom. The summed E-state index contributed by atoms with van der Waals surface area (Å²) in [6.45, 7) is 0. The van der Waals surface area contributed by atoms with Crippen molar-refractivity contribution in [1.29, 1.82) is 0 Å². The van der Waals surface area contributed by atoms with Crippen LogP contribution in [0.4, 0.5) is 22.7 Å². The van der Waals surface area contributed by atoms with Gasteiger partial charge >= 0.3 is 0 Å². The highest BCUT2D eigenvalue weighted by atomic mass is 16.1. The molecule has 4 aromatic carbocycles. The van der Waals surface area contributed by atoms with Crippen LogP contribution in [-0.4, -0.2) is 25.7 Å². The number of carbonyl (C=O) groups is 2. The lowest BCUT2D eigenvalue weighted by molar-refractivity contribution is 0.103. The number of hydrogen-bond acceptors (Lipinski definition) is 4. The van der Waals surface area contributed by atoms with E-state index in [2.05, 4.69) is 9.80 Å². The van der Waals surface area contributed by atoms with Crippen LogP contribution in [0.1, 0.15) is 31.8 Å². The van der Waals surface area contributed by atoms with Crippen molar-refractivity contribution in [2.45, 2.75) is 0 Å². The molecular formula is C28H22N2O2. The van der Waals surface area contributed by atoms with Gasteiger partial charge < -0.3 is 9.80 Å². The average molecular weight is 418 g/mol. The molecule has 156 valence electrons. The fourth-order valence-electron chi connectivity index (χ4n) is 4.21. The van der Waals surface area contributed by atoms with E-state index in [4.69, 9.17) is 0 Å². The molecule has 32 heavy (non-hydrogen) atoms. The van der Waals surface area contributed by atoms with E-state index in [9.17, 15) is 9.59 Å². The number of benzene rings is 4. The first-order chi connectivity index (χ1) is 15.5. The molecule has 0 saturated carbocycles. The number of rotatable bonds is 4. The van der Waals surface area contributed by atoms with E-state index in [0.29, 0.717) is 22.3 Å². The second kappa shape index (κ2) is 7.82. The third-order valence-corrected chi connectivity index (χ3v) is 5.99. The van der Waals surface area contributed by atoms with Crippen molar-refractivity contribution < 1.29 is 9.59 Å². The third kappa shape index (κ3) is 3.26. The van der Waals surface area contributed by atoms with E-state index in [-0.39, 0.29) is 11.6 Å². The number of anilines is 4. The van der Waals surface area contributed by atoms with E-state index in [1.807, 2.05) is 111 Å². The molecule has 0 aliphatic carbocycles. The van der Waals surface area contributed by atoms with Crippen LogP contribution in [0.25, 0.3) is 0 Å². The molecule has 0 amide bonds. The van der Waals surface area contributed by atoms with Gasteiger partial charge in [0.25, 0.3) is 0 Å². The van der Waals surface area contributed by atoms with Gasteiger partial charge in [-0.15, -0.1) is 0 Å². The number of carbonyl (C=O) groups excluding carboxylic acids is 2. The maximum atomic E-state index is 13.0. The molecule has 0 radical (unpaired) electrons. The quantitative estimate of drug-likeness (QED) is 0.381. The van der Waals surface area contributed by atoms with Crippen molar-refractivity contribution in [2.24, 2.45) is 0 Å². The van der Waals surface area contributed by atoms with Crippen LogP contribution in [0, 0.1) is 0 Å². The Balaban J connectivity index is 1.52. The zero-order valence-electron chi connectivity index (χ0n) is 17.9. The lowest BCUT2D eigenvalue weighted by Gasteiger charge is -2.37. The van der Waals surface area contributed by atoms with Gasteiger partial charge in [0.2, 0.25) is 0 Å². The molecule has 4 nitrogen and oxygen atoms in total. The van der Waals surface area contributed by atoms with Crippen LogP contribution in [-0.2, 0) is 0 Å². The van der Waals surface area contributed by atoms with Gasteiger partial charge in [0.05, 0.1) is 22.7 Å². The summed E-state index contributed by atoms with van der Waals surface area (Å²) >= 11 is 0. The Morgan fingerprint density at radius 2 is 0.844 bits per heavy atom. The minimum absolute atomic E-state index is 0.000874. The van der Waals surface area contributed by atoms with Crippen LogP contribution in [0.5, 0.6) is 0 Å². The van der Waals surface area contributed by atoms with Crippen molar-refractivity contribution in [3.8, 4) is 0 Å². The smallest absolute Gasteiger partial charge is 0.193 e. The van der Waals surface area contributed by atoms with E-state index < -0.39 is 0 Å². The molecule has 1 heterocycles. The van der Waals surface area contributed by atoms with Crippen molar-refractivity contribution in [1.82, 2.24) is 0 Å². The van der Waals surface area contributed by atoms with Crippen LogP contribution >= 0.6 is 0 Å². The molecule has 1 aliphatic heterocycles. The van der Waals surface area contributed by atoms with Gasteiger partial charge in [-0.2, -0.15) is 0 Å². The lowest BCUT2D eigenvalue weighted by Crippen LogP contribution is -2.25. The minimum atomic E-state index is -0.000874. The fourth-order valence-corrected chi connectivity index (χ4v) is 4.21. The minimum Gasteiger partial charge on any atom is -0.341 e. The highest BCUT2D eigenvalue weighted by Crippen LogP contribution is 2.47. The van der Waals surface area contributed by atoms with Crippen LogP contribution in [0.3, 0.4) is 0 Å². The Labute approximate surface area is 187 Å². The summed E-state index contributed by atoms with van der Waals surface area (Å²) in [7, 11) is 3.97. The molecule has 0 atom stereocenters. The van der Waals surface area contributed by atoms with Gasteiger partial charge in [0.1, 0.15) is 0 Å². The molecule has 4 heteroatoms. The van der Waals surface area contributed by atoms with Crippen LogP contribution < -0.4 is 9.80 Å². The number of hydrogen-bond donors (Lipinski definition) is 0. The Hall–Kier alpha value is -4.18. The van der Waals surface area contributed by atoms with Gasteiger partial charge in [-0.25, -0.2) is 0 Å². The predicted octanol–water partition coefficient (Wildman–Crippen LogP) is 6.00.